The average molecular weight is 266 g/mol. The number of benzene rings is 1. The van der Waals surface area contributed by atoms with Crippen LogP contribution in [0.3, 0.4) is 0 Å². The van der Waals surface area contributed by atoms with E-state index in [2.05, 4.69) is 5.32 Å². The third kappa shape index (κ3) is 4.97. The number of carboxylic acids is 1. The van der Waals surface area contributed by atoms with Gasteiger partial charge in [-0.2, -0.15) is 0 Å². The highest BCUT2D eigenvalue weighted by Crippen LogP contribution is 2.24. The molecular formula is C13H18N2O4. The van der Waals surface area contributed by atoms with Crippen LogP contribution in [0.1, 0.15) is 19.8 Å². The fourth-order valence-corrected chi connectivity index (χ4v) is 1.41. The molecule has 0 heterocycles. The molecule has 0 aliphatic rings. The number of carboxylic acid groups (broad SMARTS) is 1. The van der Waals surface area contributed by atoms with Crippen LogP contribution in [0.15, 0.2) is 24.3 Å². The standard InChI is InChI=1S/C13H18N2O4/c1-2-7-19-11-6-4-3-5-10(11)15-13(18)9(14)8-12(16)17/h3-6,9H,2,7-8,14H2,1H3,(H,15,18)(H,16,17). The van der Waals surface area contributed by atoms with Gasteiger partial charge in [0.1, 0.15) is 5.75 Å². The van der Waals surface area contributed by atoms with Gasteiger partial charge in [-0.25, -0.2) is 0 Å². The SMILES string of the molecule is CCCOc1ccccc1NC(=O)C(N)CC(=O)O. The summed E-state index contributed by atoms with van der Waals surface area (Å²) in [6, 6.07) is 5.86. The van der Waals surface area contributed by atoms with Crippen molar-refractivity contribution >= 4 is 17.6 Å². The maximum atomic E-state index is 11.7. The van der Waals surface area contributed by atoms with E-state index in [1.165, 1.54) is 0 Å². The number of carbonyl (C=O) groups excluding carboxylic acids is 1. The molecule has 0 saturated carbocycles. The van der Waals surface area contributed by atoms with E-state index < -0.39 is 24.3 Å². The minimum absolute atomic E-state index is 0.413. The van der Waals surface area contributed by atoms with Crippen LogP contribution in [0, 0.1) is 0 Å². The predicted octanol–water partition coefficient (Wildman–Crippen LogP) is 1.22. The first-order chi connectivity index (χ1) is 9.04. The van der Waals surface area contributed by atoms with Crippen molar-refractivity contribution in [3.8, 4) is 5.75 Å². The van der Waals surface area contributed by atoms with Crippen molar-refractivity contribution in [1.82, 2.24) is 0 Å². The van der Waals surface area contributed by atoms with E-state index in [4.69, 9.17) is 15.6 Å². The van der Waals surface area contributed by atoms with Gasteiger partial charge in [0, 0.05) is 0 Å². The Morgan fingerprint density at radius 1 is 1.42 bits per heavy atom. The van der Waals surface area contributed by atoms with Crippen molar-refractivity contribution in [1.29, 1.82) is 0 Å². The maximum Gasteiger partial charge on any atom is 0.305 e. The molecule has 0 aromatic heterocycles. The molecule has 104 valence electrons. The largest absolute Gasteiger partial charge is 0.491 e. The lowest BCUT2D eigenvalue weighted by Gasteiger charge is -2.14. The molecule has 19 heavy (non-hydrogen) atoms. The highest BCUT2D eigenvalue weighted by molar-refractivity contribution is 5.97. The van der Waals surface area contributed by atoms with Crippen LogP contribution in [-0.4, -0.2) is 29.6 Å². The Bertz CT molecular complexity index is 448. The molecule has 6 nitrogen and oxygen atoms in total. The first-order valence-corrected chi connectivity index (χ1v) is 6.04. The first kappa shape index (κ1) is 15.0. The maximum absolute atomic E-state index is 11.7. The second kappa shape index (κ2) is 7.38. The Balaban J connectivity index is 2.70. The normalized spacial score (nSPS) is 11.7. The number of hydrogen-bond donors (Lipinski definition) is 3. The quantitative estimate of drug-likeness (QED) is 0.688. The summed E-state index contributed by atoms with van der Waals surface area (Å²) in [6.07, 6.45) is 0.435. The summed E-state index contributed by atoms with van der Waals surface area (Å²) in [7, 11) is 0. The summed E-state index contributed by atoms with van der Waals surface area (Å²) >= 11 is 0. The molecule has 6 heteroatoms. The lowest BCUT2D eigenvalue weighted by molar-refractivity contribution is -0.138. The van der Waals surface area contributed by atoms with Gasteiger partial charge in [0.05, 0.1) is 24.8 Å². The summed E-state index contributed by atoms with van der Waals surface area (Å²) < 4.78 is 5.48. The molecule has 0 spiro atoms. The van der Waals surface area contributed by atoms with E-state index in [0.29, 0.717) is 18.0 Å². The predicted molar refractivity (Wildman–Crippen MR) is 71.1 cm³/mol. The van der Waals surface area contributed by atoms with Gasteiger partial charge in [-0.1, -0.05) is 19.1 Å². The summed E-state index contributed by atoms with van der Waals surface area (Å²) in [4.78, 5) is 22.2. The third-order valence-corrected chi connectivity index (χ3v) is 2.34. The molecular weight excluding hydrogens is 248 g/mol. The van der Waals surface area contributed by atoms with Crippen LogP contribution in [-0.2, 0) is 9.59 Å². The number of hydrogen-bond acceptors (Lipinski definition) is 4. The number of nitrogens with two attached hydrogens (primary N) is 1. The number of anilines is 1. The van der Waals surface area contributed by atoms with E-state index in [9.17, 15) is 9.59 Å². The molecule has 0 aliphatic heterocycles. The Morgan fingerprint density at radius 3 is 2.74 bits per heavy atom. The van der Waals surface area contributed by atoms with Crippen LogP contribution >= 0.6 is 0 Å². The lowest BCUT2D eigenvalue weighted by atomic mass is 10.2. The number of carbonyl (C=O) groups is 2. The van der Waals surface area contributed by atoms with E-state index in [0.717, 1.165) is 6.42 Å². The second-order valence-corrected chi connectivity index (χ2v) is 4.04. The number of ether oxygens (including phenoxy) is 1. The molecule has 0 saturated heterocycles. The molecule has 4 N–H and O–H groups in total. The van der Waals surface area contributed by atoms with Crippen molar-refractivity contribution in [2.24, 2.45) is 5.73 Å². The number of amides is 1. The number of rotatable bonds is 7. The van der Waals surface area contributed by atoms with E-state index in [-0.39, 0.29) is 0 Å². The van der Waals surface area contributed by atoms with Gasteiger partial charge in [-0.3, -0.25) is 9.59 Å². The van der Waals surface area contributed by atoms with Crippen LogP contribution in [0.5, 0.6) is 5.75 Å². The smallest absolute Gasteiger partial charge is 0.305 e. The van der Waals surface area contributed by atoms with E-state index in [1.807, 2.05) is 6.92 Å². The second-order valence-electron chi connectivity index (χ2n) is 4.04. The minimum atomic E-state index is -1.11. The van der Waals surface area contributed by atoms with Gasteiger partial charge in [0.25, 0.3) is 0 Å². The molecule has 1 amide bonds. The van der Waals surface area contributed by atoms with E-state index in [1.54, 1.807) is 24.3 Å². The summed E-state index contributed by atoms with van der Waals surface area (Å²) in [5.74, 6) is -1.12. The zero-order valence-electron chi connectivity index (χ0n) is 10.8. The van der Waals surface area contributed by atoms with Gasteiger partial charge >= 0.3 is 5.97 Å². The highest BCUT2D eigenvalue weighted by atomic mass is 16.5. The third-order valence-electron chi connectivity index (χ3n) is 2.34. The van der Waals surface area contributed by atoms with E-state index >= 15 is 0 Å². The fraction of sp³-hybridized carbons (Fsp3) is 0.385. The van der Waals surface area contributed by atoms with Crippen molar-refractivity contribution in [3.63, 3.8) is 0 Å². The van der Waals surface area contributed by atoms with Crippen LogP contribution < -0.4 is 15.8 Å². The zero-order chi connectivity index (χ0) is 14.3. The van der Waals surface area contributed by atoms with Crippen molar-refractivity contribution < 1.29 is 19.4 Å². The molecule has 1 unspecified atom stereocenters. The zero-order valence-corrected chi connectivity index (χ0v) is 10.8. The van der Waals surface area contributed by atoms with Crippen LogP contribution in [0.4, 0.5) is 5.69 Å². The van der Waals surface area contributed by atoms with Gasteiger partial charge in [0.15, 0.2) is 0 Å². The molecule has 0 radical (unpaired) electrons. The summed E-state index contributed by atoms with van der Waals surface area (Å²) in [5, 5.41) is 11.2. The number of aliphatic carboxylic acids is 1. The Morgan fingerprint density at radius 2 is 2.11 bits per heavy atom. The molecule has 0 fully saturated rings. The van der Waals surface area contributed by atoms with Gasteiger partial charge < -0.3 is 20.9 Å². The van der Waals surface area contributed by atoms with Gasteiger partial charge in [0.2, 0.25) is 5.91 Å². The van der Waals surface area contributed by atoms with Crippen LogP contribution in [0.2, 0.25) is 0 Å². The molecule has 0 aliphatic carbocycles. The Kier molecular flexibility index (Phi) is 5.81. The highest BCUT2D eigenvalue weighted by Gasteiger charge is 2.18. The monoisotopic (exact) mass is 266 g/mol. The molecule has 1 aromatic rings. The topological polar surface area (TPSA) is 102 Å². The van der Waals surface area contributed by atoms with Crippen molar-refractivity contribution in [2.75, 3.05) is 11.9 Å². The van der Waals surface area contributed by atoms with Gasteiger partial charge in [-0.05, 0) is 18.6 Å². The summed E-state index contributed by atoms with van der Waals surface area (Å²) in [6.45, 7) is 2.51. The van der Waals surface area contributed by atoms with Crippen molar-refractivity contribution in [2.45, 2.75) is 25.8 Å². The molecule has 0 bridgehead atoms. The minimum Gasteiger partial charge on any atom is -0.491 e. The molecule has 1 aromatic carbocycles. The number of nitrogens with one attached hydrogen (secondary N) is 1. The van der Waals surface area contributed by atoms with Gasteiger partial charge in [-0.15, -0.1) is 0 Å². The average Bonchev–Trinajstić information content (AvgIpc) is 2.36. The van der Waals surface area contributed by atoms with Crippen molar-refractivity contribution in [3.05, 3.63) is 24.3 Å². The molecule has 1 rings (SSSR count). The summed E-state index contributed by atoms with van der Waals surface area (Å²) in [5.41, 5.74) is 5.97. The number of para-hydroxylation sites is 2. The Labute approximate surface area is 111 Å². The lowest BCUT2D eigenvalue weighted by Crippen LogP contribution is -2.37. The first-order valence-electron chi connectivity index (χ1n) is 6.04. The Hall–Kier alpha value is -2.08. The molecule has 1 atom stereocenters. The van der Waals surface area contributed by atoms with Crippen LogP contribution in [0.25, 0.3) is 0 Å². The fourth-order valence-electron chi connectivity index (χ4n) is 1.41.